The van der Waals surface area contributed by atoms with Crippen LogP contribution in [0.1, 0.15) is 54.1 Å². The van der Waals surface area contributed by atoms with Crippen LogP contribution in [0.5, 0.6) is 0 Å². The molecule has 1 amide bonds. The molecular formula is C27H30N4O4. The molecule has 2 unspecified atom stereocenters. The van der Waals surface area contributed by atoms with E-state index in [1.54, 1.807) is 4.90 Å². The normalized spacial score (nSPS) is 22.5. The summed E-state index contributed by atoms with van der Waals surface area (Å²) in [7, 11) is 0. The average molecular weight is 475 g/mol. The number of benzene rings is 2. The van der Waals surface area contributed by atoms with E-state index >= 15 is 0 Å². The van der Waals surface area contributed by atoms with Crippen LogP contribution in [-0.2, 0) is 20.8 Å². The van der Waals surface area contributed by atoms with Crippen molar-refractivity contribution < 1.29 is 19.5 Å². The molecule has 0 aliphatic carbocycles. The van der Waals surface area contributed by atoms with Crippen molar-refractivity contribution in [3.8, 4) is 0 Å². The Balaban J connectivity index is 1.15. The molecule has 2 aromatic carbocycles. The highest BCUT2D eigenvalue weighted by Gasteiger charge is 2.34. The van der Waals surface area contributed by atoms with Crippen molar-refractivity contribution in [3.63, 3.8) is 0 Å². The molecule has 1 fully saturated rings. The summed E-state index contributed by atoms with van der Waals surface area (Å²) in [5, 5.41) is 16.6. The van der Waals surface area contributed by atoms with Gasteiger partial charge in [0.25, 0.3) is 5.91 Å². The number of likely N-dealkylation sites (tertiary alicyclic amines) is 1. The van der Waals surface area contributed by atoms with Crippen molar-refractivity contribution in [2.75, 3.05) is 19.6 Å². The molecule has 0 aromatic heterocycles. The summed E-state index contributed by atoms with van der Waals surface area (Å²) in [5.74, 6) is -0.708. The molecule has 35 heavy (non-hydrogen) atoms. The lowest BCUT2D eigenvalue weighted by atomic mass is 9.93. The van der Waals surface area contributed by atoms with Gasteiger partial charge in [0.15, 0.2) is 0 Å². The van der Waals surface area contributed by atoms with E-state index < -0.39 is 12.1 Å². The van der Waals surface area contributed by atoms with Crippen molar-refractivity contribution >= 4 is 23.8 Å². The SMILES string of the molecule is O=C(O)CC1CCN(C(=O)C2CC(c3ccc(C=NC4NCCc5ccccc54)cc3)=NO2)CC1. The molecule has 2 N–H and O–H groups in total. The number of carboxylic acid groups (broad SMARTS) is 1. The summed E-state index contributed by atoms with van der Waals surface area (Å²) in [5.41, 5.74) is 5.26. The van der Waals surface area contributed by atoms with Gasteiger partial charge in [-0.15, -0.1) is 0 Å². The number of fused-ring (bicyclic) bond motifs is 1. The maximum atomic E-state index is 12.9. The highest BCUT2D eigenvalue weighted by molar-refractivity contribution is 6.04. The molecule has 0 radical (unpaired) electrons. The molecule has 0 saturated carbocycles. The first-order valence-corrected chi connectivity index (χ1v) is 12.2. The molecule has 0 bridgehead atoms. The molecule has 1 saturated heterocycles. The predicted octanol–water partition coefficient (Wildman–Crippen LogP) is 3.16. The fraction of sp³-hybridized carbons (Fsp3) is 0.407. The molecule has 3 heterocycles. The van der Waals surface area contributed by atoms with E-state index in [4.69, 9.17) is 14.9 Å². The highest BCUT2D eigenvalue weighted by Crippen LogP contribution is 2.25. The van der Waals surface area contributed by atoms with Gasteiger partial charge in [-0.1, -0.05) is 53.7 Å². The van der Waals surface area contributed by atoms with Crippen LogP contribution in [0.25, 0.3) is 0 Å². The second-order valence-corrected chi connectivity index (χ2v) is 9.41. The first-order valence-electron chi connectivity index (χ1n) is 12.2. The summed E-state index contributed by atoms with van der Waals surface area (Å²) in [6, 6.07) is 16.4. The average Bonchev–Trinajstić information content (AvgIpc) is 3.38. The topological polar surface area (TPSA) is 104 Å². The smallest absolute Gasteiger partial charge is 0.303 e. The van der Waals surface area contributed by atoms with Crippen molar-refractivity contribution in [2.45, 2.75) is 44.4 Å². The van der Waals surface area contributed by atoms with Crippen LogP contribution in [0.3, 0.4) is 0 Å². The van der Waals surface area contributed by atoms with E-state index in [-0.39, 0.29) is 24.4 Å². The van der Waals surface area contributed by atoms with E-state index in [0.717, 1.165) is 29.8 Å². The van der Waals surface area contributed by atoms with Crippen molar-refractivity contribution in [2.24, 2.45) is 16.1 Å². The first-order chi connectivity index (χ1) is 17.1. The second kappa shape index (κ2) is 10.4. The third kappa shape index (κ3) is 5.43. The lowest BCUT2D eigenvalue weighted by molar-refractivity contribution is -0.144. The molecule has 2 aromatic rings. The Morgan fingerprint density at radius 2 is 1.91 bits per heavy atom. The number of aliphatic imine (C=N–C) groups is 1. The third-order valence-electron chi connectivity index (χ3n) is 7.03. The Labute approximate surface area is 204 Å². The second-order valence-electron chi connectivity index (χ2n) is 9.41. The molecule has 8 nitrogen and oxygen atoms in total. The molecule has 0 spiro atoms. The Hall–Kier alpha value is -3.52. The van der Waals surface area contributed by atoms with Gasteiger partial charge in [0, 0.05) is 38.7 Å². The zero-order valence-corrected chi connectivity index (χ0v) is 19.6. The number of amides is 1. The highest BCUT2D eigenvalue weighted by atomic mass is 16.6. The van der Waals surface area contributed by atoms with E-state index in [0.29, 0.717) is 32.4 Å². The molecule has 3 aliphatic heterocycles. The Kier molecular flexibility index (Phi) is 6.90. The number of hydrogen-bond donors (Lipinski definition) is 2. The lowest BCUT2D eigenvalue weighted by Gasteiger charge is -2.32. The van der Waals surface area contributed by atoms with Crippen molar-refractivity contribution in [1.29, 1.82) is 0 Å². The van der Waals surface area contributed by atoms with Gasteiger partial charge >= 0.3 is 5.97 Å². The number of aliphatic carboxylic acids is 1. The van der Waals surface area contributed by atoms with Gasteiger partial charge in [-0.25, -0.2) is 0 Å². The summed E-state index contributed by atoms with van der Waals surface area (Å²) >= 11 is 0. The Bertz CT molecular complexity index is 1140. The van der Waals surface area contributed by atoms with E-state index in [2.05, 4.69) is 28.7 Å². The van der Waals surface area contributed by atoms with Crippen LogP contribution < -0.4 is 5.32 Å². The molecule has 5 rings (SSSR count). The maximum Gasteiger partial charge on any atom is 0.303 e. The van der Waals surface area contributed by atoms with Crippen LogP contribution in [0.4, 0.5) is 0 Å². The first kappa shape index (κ1) is 23.2. The molecule has 182 valence electrons. The number of hydrogen-bond acceptors (Lipinski definition) is 6. The van der Waals surface area contributed by atoms with Gasteiger partial charge in [-0.3, -0.25) is 19.9 Å². The molecule has 8 heteroatoms. The van der Waals surface area contributed by atoms with Crippen LogP contribution in [0.15, 0.2) is 58.7 Å². The summed E-state index contributed by atoms with van der Waals surface area (Å²) in [4.78, 5) is 35.8. The van der Waals surface area contributed by atoms with Crippen LogP contribution in [-0.4, -0.2) is 59.5 Å². The third-order valence-corrected chi connectivity index (χ3v) is 7.03. The largest absolute Gasteiger partial charge is 0.481 e. The predicted molar refractivity (Wildman–Crippen MR) is 133 cm³/mol. The van der Waals surface area contributed by atoms with Gasteiger partial charge < -0.3 is 14.8 Å². The van der Waals surface area contributed by atoms with Gasteiger partial charge in [0.05, 0.1) is 5.71 Å². The summed E-state index contributed by atoms with van der Waals surface area (Å²) < 4.78 is 0. The van der Waals surface area contributed by atoms with Crippen LogP contribution >= 0.6 is 0 Å². The number of carbonyl (C=O) groups excluding carboxylic acids is 1. The zero-order valence-electron chi connectivity index (χ0n) is 19.6. The number of nitrogens with zero attached hydrogens (tertiary/aromatic N) is 3. The van der Waals surface area contributed by atoms with E-state index in [1.165, 1.54) is 11.1 Å². The molecule has 3 aliphatic rings. The minimum atomic E-state index is -0.778. The number of carboxylic acids is 1. The number of carbonyl (C=O) groups is 2. The Morgan fingerprint density at radius 1 is 1.14 bits per heavy atom. The molecular weight excluding hydrogens is 444 g/mol. The fourth-order valence-electron chi connectivity index (χ4n) is 5.03. The Morgan fingerprint density at radius 3 is 2.69 bits per heavy atom. The van der Waals surface area contributed by atoms with E-state index in [9.17, 15) is 9.59 Å². The number of piperidine rings is 1. The fourth-order valence-corrected chi connectivity index (χ4v) is 5.03. The van der Waals surface area contributed by atoms with Gasteiger partial charge in [0.1, 0.15) is 6.17 Å². The van der Waals surface area contributed by atoms with Crippen LogP contribution in [0, 0.1) is 5.92 Å². The monoisotopic (exact) mass is 474 g/mol. The summed E-state index contributed by atoms with van der Waals surface area (Å²) in [6.07, 6.45) is 4.29. The molecule has 2 atom stereocenters. The lowest BCUT2D eigenvalue weighted by Crippen LogP contribution is -2.44. The quantitative estimate of drug-likeness (QED) is 0.626. The number of nitrogens with one attached hydrogen (secondary N) is 1. The van der Waals surface area contributed by atoms with Gasteiger partial charge in [-0.2, -0.15) is 0 Å². The van der Waals surface area contributed by atoms with Gasteiger partial charge in [0.2, 0.25) is 6.10 Å². The van der Waals surface area contributed by atoms with Crippen molar-refractivity contribution in [3.05, 3.63) is 70.8 Å². The maximum absolute atomic E-state index is 12.9. The number of oxime groups is 1. The van der Waals surface area contributed by atoms with Crippen LogP contribution in [0.2, 0.25) is 0 Å². The number of rotatable bonds is 6. The summed E-state index contributed by atoms with van der Waals surface area (Å²) in [6.45, 7) is 2.05. The zero-order chi connectivity index (χ0) is 24.2. The van der Waals surface area contributed by atoms with Crippen molar-refractivity contribution in [1.82, 2.24) is 10.2 Å². The van der Waals surface area contributed by atoms with Gasteiger partial charge in [-0.05, 0) is 47.4 Å². The minimum Gasteiger partial charge on any atom is -0.481 e. The van der Waals surface area contributed by atoms with E-state index in [1.807, 2.05) is 36.5 Å². The minimum absolute atomic E-state index is 0.0341. The standard InChI is InChI=1S/C27H30N4O4/c32-25(33)15-18-10-13-31(14-11-18)27(34)24-16-23(30-35-24)21-7-5-19(6-8-21)17-29-26-22-4-2-1-3-20(22)9-12-28-26/h1-8,17-18,24,26,28H,9-16H2,(H,32,33).